The molecule has 29 heavy (non-hydrogen) atoms. The van der Waals surface area contributed by atoms with Crippen LogP contribution in [0.15, 0.2) is 23.6 Å². The number of carbonyl (C=O) groups is 2. The van der Waals surface area contributed by atoms with Gasteiger partial charge in [0.05, 0.1) is 18.5 Å². The van der Waals surface area contributed by atoms with Crippen LogP contribution in [-0.2, 0) is 0 Å². The number of methoxy groups -OCH3 is 1. The van der Waals surface area contributed by atoms with E-state index < -0.39 is 0 Å². The van der Waals surface area contributed by atoms with Gasteiger partial charge in [0.25, 0.3) is 11.8 Å². The zero-order chi connectivity index (χ0) is 21.1. The fourth-order valence-electron chi connectivity index (χ4n) is 2.48. The van der Waals surface area contributed by atoms with Gasteiger partial charge in [0, 0.05) is 19.5 Å². The van der Waals surface area contributed by atoms with Crippen molar-refractivity contribution in [2.24, 2.45) is 0 Å². The lowest BCUT2D eigenvalue weighted by atomic mass is 10.2. The van der Waals surface area contributed by atoms with E-state index in [0.29, 0.717) is 26.6 Å². The van der Waals surface area contributed by atoms with E-state index in [2.05, 4.69) is 20.6 Å². The molecule has 8 nitrogen and oxygen atoms in total. The molecule has 0 aliphatic heterocycles. The summed E-state index contributed by atoms with van der Waals surface area (Å²) in [7, 11) is 4.95. The average molecular weight is 432 g/mol. The molecule has 3 rings (SSSR count). The molecule has 0 radical (unpaired) electrons. The second-order valence-electron chi connectivity index (χ2n) is 6.45. The molecule has 0 bridgehead atoms. The van der Waals surface area contributed by atoms with Crippen molar-refractivity contribution in [3.63, 3.8) is 0 Å². The molecule has 3 aromatic rings. The third-order valence-electron chi connectivity index (χ3n) is 3.95. The maximum absolute atomic E-state index is 12.5. The summed E-state index contributed by atoms with van der Waals surface area (Å²) in [5.74, 6) is 0.156. The van der Waals surface area contributed by atoms with Crippen LogP contribution in [0.1, 0.15) is 31.4 Å². The first-order chi connectivity index (χ1) is 13.8. The third kappa shape index (κ3) is 4.72. The largest absolute Gasteiger partial charge is 0.495 e. The monoisotopic (exact) mass is 431 g/mol. The number of ether oxygens (including phenoxy) is 1. The van der Waals surface area contributed by atoms with E-state index in [1.165, 1.54) is 16.2 Å². The Morgan fingerprint density at radius 3 is 2.59 bits per heavy atom. The maximum Gasteiger partial charge on any atom is 0.276 e. The zero-order valence-corrected chi connectivity index (χ0v) is 18.3. The van der Waals surface area contributed by atoms with Crippen molar-refractivity contribution in [3.8, 4) is 5.75 Å². The SMILES string of the molecule is COc1ccc(C)cc1Nc1nc(C(=O)Nc2nc(C)c(C(=O)N(C)C)s2)cs1. The van der Waals surface area contributed by atoms with E-state index in [1.807, 2.05) is 25.1 Å². The second-order valence-corrected chi connectivity index (χ2v) is 8.31. The molecule has 0 aliphatic carbocycles. The summed E-state index contributed by atoms with van der Waals surface area (Å²) in [6.45, 7) is 3.72. The summed E-state index contributed by atoms with van der Waals surface area (Å²) in [5, 5.41) is 8.48. The normalized spacial score (nSPS) is 10.5. The van der Waals surface area contributed by atoms with Gasteiger partial charge in [0.2, 0.25) is 0 Å². The van der Waals surface area contributed by atoms with Crippen molar-refractivity contribution in [1.29, 1.82) is 0 Å². The minimum Gasteiger partial charge on any atom is -0.495 e. The smallest absolute Gasteiger partial charge is 0.276 e. The van der Waals surface area contributed by atoms with E-state index in [1.54, 1.807) is 33.5 Å². The first kappa shape index (κ1) is 20.7. The number of nitrogens with one attached hydrogen (secondary N) is 2. The summed E-state index contributed by atoms with van der Waals surface area (Å²) < 4.78 is 5.35. The molecule has 10 heteroatoms. The fraction of sp³-hybridized carbons (Fsp3) is 0.263. The first-order valence-corrected chi connectivity index (χ1v) is 10.4. The molecular formula is C19H21N5O3S2. The number of aromatic nitrogens is 2. The lowest BCUT2D eigenvalue weighted by Gasteiger charge is -2.09. The Balaban J connectivity index is 1.73. The molecule has 0 atom stereocenters. The zero-order valence-electron chi connectivity index (χ0n) is 16.7. The Hall–Kier alpha value is -2.98. The van der Waals surface area contributed by atoms with Crippen LogP contribution in [0.5, 0.6) is 5.75 Å². The Kier molecular flexibility index (Phi) is 6.14. The molecule has 2 amide bonds. The van der Waals surface area contributed by atoms with Crippen molar-refractivity contribution in [1.82, 2.24) is 14.9 Å². The fourth-order valence-corrected chi connectivity index (χ4v) is 4.17. The Bertz CT molecular complexity index is 1060. The number of amides is 2. The minimum absolute atomic E-state index is 0.146. The summed E-state index contributed by atoms with van der Waals surface area (Å²) in [5.41, 5.74) is 2.69. The number of carbonyl (C=O) groups excluding carboxylic acids is 2. The van der Waals surface area contributed by atoms with E-state index in [0.717, 1.165) is 22.6 Å². The van der Waals surface area contributed by atoms with Crippen LogP contribution in [0.3, 0.4) is 0 Å². The summed E-state index contributed by atoms with van der Waals surface area (Å²) in [4.78, 5) is 35.3. The quantitative estimate of drug-likeness (QED) is 0.614. The van der Waals surface area contributed by atoms with Crippen molar-refractivity contribution in [2.45, 2.75) is 13.8 Å². The van der Waals surface area contributed by atoms with Gasteiger partial charge in [-0.1, -0.05) is 17.4 Å². The molecule has 0 saturated carbocycles. The molecule has 1 aromatic carbocycles. The number of thiazole rings is 2. The number of aryl methyl sites for hydroxylation is 2. The standard InChI is InChI=1S/C19H21N5O3S2/c1-10-6-7-14(27-5)12(8-10)21-18-22-13(9-28-18)16(25)23-19-20-11(2)15(29-19)17(26)24(3)4/h6-9H,1-5H3,(H,21,22)(H,20,23,25). The Labute approximate surface area is 176 Å². The van der Waals surface area contributed by atoms with E-state index >= 15 is 0 Å². The average Bonchev–Trinajstić information content (AvgIpc) is 3.28. The lowest BCUT2D eigenvalue weighted by Crippen LogP contribution is -2.21. The van der Waals surface area contributed by atoms with E-state index in [-0.39, 0.29) is 17.5 Å². The summed E-state index contributed by atoms with van der Waals surface area (Å²) in [6, 6.07) is 5.77. The Morgan fingerprint density at radius 2 is 1.90 bits per heavy atom. The highest BCUT2D eigenvalue weighted by Gasteiger charge is 2.19. The van der Waals surface area contributed by atoms with Gasteiger partial charge < -0.3 is 15.0 Å². The molecule has 0 aliphatic rings. The molecular weight excluding hydrogens is 410 g/mol. The summed E-state index contributed by atoms with van der Waals surface area (Å²) >= 11 is 2.45. The van der Waals surface area contributed by atoms with Crippen LogP contribution < -0.4 is 15.4 Å². The number of hydrogen-bond acceptors (Lipinski definition) is 8. The van der Waals surface area contributed by atoms with Gasteiger partial charge in [-0.3, -0.25) is 14.9 Å². The van der Waals surface area contributed by atoms with Gasteiger partial charge in [-0.25, -0.2) is 9.97 Å². The molecule has 0 spiro atoms. The highest BCUT2D eigenvalue weighted by Crippen LogP contribution is 2.30. The lowest BCUT2D eigenvalue weighted by molar-refractivity contribution is 0.0831. The molecule has 0 saturated heterocycles. The number of anilines is 3. The minimum atomic E-state index is -0.386. The number of hydrogen-bond donors (Lipinski definition) is 2. The third-order valence-corrected chi connectivity index (χ3v) is 5.77. The van der Waals surface area contributed by atoms with Gasteiger partial charge >= 0.3 is 0 Å². The van der Waals surface area contributed by atoms with Crippen LogP contribution in [-0.4, -0.2) is 47.9 Å². The van der Waals surface area contributed by atoms with Gasteiger partial charge in [0.15, 0.2) is 10.3 Å². The van der Waals surface area contributed by atoms with Crippen LogP contribution in [0.25, 0.3) is 0 Å². The Morgan fingerprint density at radius 1 is 1.14 bits per heavy atom. The van der Waals surface area contributed by atoms with Crippen LogP contribution in [0, 0.1) is 13.8 Å². The predicted molar refractivity (Wildman–Crippen MR) is 116 cm³/mol. The molecule has 2 heterocycles. The highest BCUT2D eigenvalue weighted by molar-refractivity contribution is 7.17. The molecule has 0 fully saturated rings. The van der Waals surface area contributed by atoms with Crippen molar-refractivity contribution in [2.75, 3.05) is 31.8 Å². The molecule has 152 valence electrons. The van der Waals surface area contributed by atoms with E-state index in [4.69, 9.17) is 4.74 Å². The number of rotatable bonds is 6. The highest BCUT2D eigenvalue weighted by atomic mass is 32.1. The van der Waals surface area contributed by atoms with Crippen LogP contribution in [0.4, 0.5) is 16.0 Å². The second kappa shape index (κ2) is 8.58. The maximum atomic E-state index is 12.5. The summed E-state index contributed by atoms with van der Waals surface area (Å²) in [6.07, 6.45) is 0. The van der Waals surface area contributed by atoms with Gasteiger partial charge in [-0.15, -0.1) is 11.3 Å². The molecule has 2 N–H and O–H groups in total. The van der Waals surface area contributed by atoms with Gasteiger partial charge in [-0.05, 0) is 31.5 Å². The van der Waals surface area contributed by atoms with Crippen LogP contribution in [0.2, 0.25) is 0 Å². The topological polar surface area (TPSA) is 96.5 Å². The number of nitrogens with zero attached hydrogens (tertiary/aromatic N) is 3. The van der Waals surface area contributed by atoms with Gasteiger partial charge in [-0.2, -0.15) is 0 Å². The predicted octanol–water partition coefficient (Wildman–Crippen LogP) is 3.92. The molecule has 0 unspecified atom stereocenters. The van der Waals surface area contributed by atoms with Crippen LogP contribution >= 0.6 is 22.7 Å². The number of benzene rings is 1. The molecule has 2 aromatic heterocycles. The van der Waals surface area contributed by atoms with Gasteiger partial charge in [0.1, 0.15) is 16.3 Å². The van der Waals surface area contributed by atoms with Crippen molar-refractivity contribution >= 4 is 50.4 Å². The van der Waals surface area contributed by atoms with E-state index in [9.17, 15) is 9.59 Å². The first-order valence-electron chi connectivity index (χ1n) is 8.66. The van der Waals surface area contributed by atoms with Crippen molar-refractivity contribution in [3.05, 3.63) is 45.4 Å². The van der Waals surface area contributed by atoms with Crippen molar-refractivity contribution < 1.29 is 14.3 Å².